The standard InChI is InChI=1S/C20H17FN2O4S/c1-23-19(25)17(28-20(23)22-16-9-4-3-8-15(16)21)11-13-6-5-7-14(10-13)27-12-18(24)26-2/h3-11H,12H2,1-2H3/b17-11+,22-20?. The number of nitrogens with zero attached hydrogens (tertiary/aromatic N) is 2. The summed E-state index contributed by atoms with van der Waals surface area (Å²) in [7, 11) is 2.87. The van der Waals surface area contributed by atoms with Crippen LogP contribution in [0.15, 0.2) is 58.4 Å². The molecule has 0 unspecified atom stereocenters. The van der Waals surface area contributed by atoms with Gasteiger partial charge in [0.1, 0.15) is 17.3 Å². The largest absolute Gasteiger partial charge is 0.482 e. The van der Waals surface area contributed by atoms with Crippen molar-refractivity contribution in [3.63, 3.8) is 0 Å². The number of methoxy groups -OCH3 is 1. The van der Waals surface area contributed by atoms with Gasteiger partial charge in [0, 0.05) is 7.05 Å². The van der Waals surface area contributed by atoms with Gasteiger partial charge in [0.05, 0.1) is 12.0 Å². The Kier molecular flexibility index (Phi) is 6.10. The van der Waals surface area contributed by atoms with Crippen LogP contribution in [0.3, 0.4) is 0 Å². The molecule has 2 aromatic rings. The van der Waals surface area contributed by atoms with E-state index in [0.29, 0.717) is 15.8 Å². The Morgan fingerprint density at radius 1 is 1.25 bits per heavy atom. The fourth-order valence-corrected chi connectivity index (χ4v) is 3.32. The lowest BCUT2D eigenvalue weighted by Gasteiger charge is -2.07. The van der Waals surface area contributed by atoms with Crippen LogP contribution in [0.1, 0.15) is 5.56 Å². The first-order valence-corrected chi connectivity index (χ1v) is 9.10. The number of aliphatic imine (C=N–C) groups is 1. The summed E-state index contributed by atoms with van der Waals surface area (Å²) < 4.78 is 23.7. The van der Waals surface area contributed by atoms with E-state index in [0.717, 1.165) is 17.3 Å². The van der Waals surface area contributed by atoms with E-state index in [1.54, 1.807) is 55.6 Å². The third-order valence-electron chi connectivity index (χ3n) is 3.81. The van der Waals surface area contributed by atoms with Gasteiger partial charge >= 0.3 is 5.97 Å². The third kappa shape index (κ3) is 4.58. The highest BCUT2D eigenvalue weighted by Gasteiger charge is 2.30. The van der Waals surface area contributed by atoms with Crippen molar-refractivity contribution in [2.75, 3.05) is 20.8 Å². The minimum Gasteiger partial charge on any atom is -0.482 e. The summed E-state index contributed by atoms with van der Waals surface area (Å²) in [4.78, 5) is 29.8. The second-order valence-corrected chi connectivity index (χ2v) is 6.77. The number of ether oxygens (including phenoxy) is 2. The molecule has 144 valence electrons. The number of thioether (sulfide) groups is 1. The average molecular weight is 400 g/mol. The Morgan fingerprint density at radius 3 is 2.79 bits per heavy atom. The highest BCUT2D eigenvalue weighted by atomic mass is 32.2. The first-order valence-electron chi connectivity index (χ1n) is 8.28. The number of hydrogen-bond acceptors (Lipinski definition) is 6. The van der Waals surface area contributed by atoms with E-state index in [2.05, 4.69) is 9.73 Å². The zero-order valence-electron chi connectivity index (χ0n) is 15.2. The van der Waals surface area contributed by atoms with Crippen molar-refractivity contribution >= 4 is 40.6 Å². The lowest BCUT2D eigenvalue weighted by atomic mass is 10.2. The third-order valence-corrected chi connectivity index (χ3v) is 4.87. The summed E-state index contributed by atoms with van der Waals surface area (Å²) in [5, 5.41) is 0.388. The molecule has 1 saturated heterocycles. The van der Waals surface area contributed by atoms with E-state index in [1.165, 1.54) is 18.1 Å². The van der Waals surface area contributed by atoms with E-state index in [-0.39, 0.29) is 18.2 Å². The summed E-state index contributed by atoms with van der Waals surface area (Å²) in [6, 6.07) is 13.1. The van der Waals surface area contributed by atoms with Gasteiger partial charge in [-0.2, -0.15) is 0 Å². The van der Waals surface area contributed by atoms with Crippen molar-refractivity contribution < 1.29 is 23.5 Å². The Hall–Kier alpha value is -3.13. The van der Waals surface area contributed by atoms with Crippen LogP contribution < -0.4 is 4.74 Å². The first kappa shape index (κ1) is 19.6. The summed E-state index contributed by atoms with van der Waals surface area (Å²) >= 11 is 1.16. The fraction of sp³-hybridized carbons (Fsp3) is 0.150. The van der Waals surface area contributed by atoms with Crippen molar-refractivity contribution in [1.82, 2.24) is 4.90 Å². The molecule has 0 atom stereocenters. The molecule has 1 aliphatic heterocycles. The number of para-hydroxylation sites is 1. The molecule has 0 spiro atoms. The molecule has 1 aliphatic rings. The van der Waals surface area contributed by atoms with E-state index < -0.39 is 11.8 Å². The minimum absolute atomic E-state index is 0.170. The van der Waals surface area contributed by atoms with Gasteiger partial charge in [-0.1, -0.05) is 24.3 Å². The lowest BCUT2D eigenvalue weighted by molar-refractivity contribution is -0.142. The molecule has 0 bridgehead atoms. The van der Waals surface area contributed by atoms with Crippen LogP contribution >= 0.6 is 11.8 Å². The normalized spacial score (nSPS) is 16.7. The van der Waals surface area contributed by atoms with Crippen molar-refractivity contribution in [3.8, 4) is 5.75 Å². The van der Waals surface area contributed by atoms with Crippen molar-refractivity contribution in [1.29, 1.82) is 0 Å². The fourth-order valence-electron chi connectivity index (χ4n) is 2.34. The zero-order chi connectivity index (χ0) is 20.1. The van der Waals surface area contributed by atoms with Gasteiger partial charge in [0.25, 0.3) is 5.91 Å². The number of rotatable bonds is 5. The van der Waals surface area contributed by atoms with Gasteiger partial charge < -0.3 is 9.47 Å². The molecule has 8 heteroatoms. The van der Waals surface area contributed by atoms with Crippen LogP contribution in [0.2, 0.25) is 0 Å². The molecule has 28 heavy (non-hydrogen) atoms. The van der Waals surface area contributed by atoms with E-state index in [4.69, 9.17) is 4.74 Å². The Bertz CT molecular complexity index is 974. The quantitative estimate of drug-likeness (QED) is 0.567. The maximum absolute atomic E-state index is 13.8. The number of amides is 1. The Labute approximate surface area is 165 Å². The molecule has 0 saturated carbocycles. The summed E-state index contributed by atoms with van der Waals surface area (Å²) in [6.07, 6.45) is 1.69. The predicted octanol–water partition coefficient (Wildman–Crippen LogP) is 3.61. The van der Waals surface area contributed by atoms with Crippen LogP contribution in [0.25, 0.3) is 6.08 Å². The van der Waals surface area contributed by atoms with Crippen molar-refractivity contribution in [2.45, 2.75) is 0 Å². The molecule has 1 amide bonds. The van der Waals surface area contributed by atoms with E-state index in [1.807, 2.05) is 0 Å². The van der Waals surface area contributed by atoms with E-state index in [9.17, 15) is 14.0 Å². The molecule has 1 fully saturated rings. The molecule has 0 N–H and O–H groups in total. The van der Waals surface area contributed by atoms with Crippen LogP contribution in [0.4, 0.5) is 10.1 Å². The minimum atomic E-state index is -0.485. The number of esters is 1. The maximum Gasteiger partial charge on any atom is 0.343 e. The molecular formula is C20H17FN2O4S. The molecular weight excluding hydrogens is 383 g/mol. The number of halogens is 1. The molecule has 0 radical (unpaired) electrons. The second kappa shape index (κ2) is 8.71. The van der Waals surface area contributed by atoms with E-state index >= 15 is 0 Å². The number of amidine groups is 1. The highest BCUT2D eigenvalue weighted by molar-refractivity contribution is 8.18. The lowest BCUT2D eigenvalue weighted by Crippen LogP contribution is -2.23. The van der Waals surface area contributed by atoms with Crippen LogP contribution in [0.5, 0.6) is 5.75 Å². The molecule has 3 rings (SSSR count). The number of carbonyl (C=O) groups excluding carboxylic acids is 2. The monoisotopic (exact) mass is 400 g/mol. The van der Waals surface area contributed by atoms with Gasteiger partial charge in [0.15, 0.2) is 11.8 Å². The van der Waals surface area contributed by atoms with Gasteiger partial charge in [0.2, 0.25) is 0 Å². The SMILES string of the molecule is COC(=O)COc1cccc(/C=C2/SC(=Nc3ccccc3F)N(C)C2=O)c1. The van der Waals surface area contributed by atoms with Crippen LogP contribution in [-0.4, -0.2) is 42.7 Å². The number of likely N-dealkylation sites (N-methyl/N-ethyl adjacent to an activating group) is 1. The zero-order valence-corrected chi connectivity index (χ0v) is 16.0. The highest BCUT2D eigenvalue weighted by Crippen LogP contribution is 2.34. The molecule has 1 heterocycles. The maximum atomic E-state index is 13.8. The summed E-state index contributed by atoms with van der Waals surface area (Å²) in [5.41, 5.74) is 0.892. The summed E-state index contributed by atoms with van der Waals surface area (Å²) in [5.74, 6) is -0.699. The summed E-state index contributed by atoms with van der Waals surface area (Å²) in [6.45, 7) is -0.202. The number of benzene rings is 2. The van der Waals surface area contributed by atoms with Gasteiger partial charge in [-0.3, -0.25) is 9.69 Å². The molecule has 0 aliphatic carbocycles. The average Bonchev–Trinajstić information content (AvgIpc) is 2.96. The van der Waals surface area contributed by atoms with Crippen molar-refractivity contribution in [3.05, 3.63) is 64.8 Å². The van der Waals surface area contributed by atoms with Gasteiger partial charge in [-0.25, -0.2) is 14.2 Å². The number of hydrogen-bond donors (Lipinski definition) is 0. The predicted molar refractivity (Wildman–Crippen MR) is 106 cm³/mol. The Morgan fingerprint density at radius 2 is 2.04 bits per heavy atom. The van der Waals surface area contributed by atoms with Crippen molar-refractivity contribution in [2.24, 2.45) is 4.99 Å². The molecule has 6 nitrogen and oxygen atoms in total. The first-order chi connectivity index (χ1) is 13.5. The Balaban J connectivity index is 1.80. The second-order valence-electron chi connectivity index (χ2n) is 5.76. The molecule has 0 aromatic heterocycles. The van der Waals surface area contributed by atoms with Crippen LogP contribution in [0, 0.1) is 5.82 Å². The van der Waals surface area contributed by atoms with Gasteiger partial charge in [-0.15, -0.1) is 0 Å². The van der Waals surface area contributed by atoms with Gasteiger partial charge in [-0.05, 0) is 47.7 Å². The smallest absolute Gasteiger partial charge is 0.343 e. The number of carbonyl (C=O) groups is 2. The molecule has 2 aromatic carbocycles. The van der Waals surface area contributed by atoms with Crippen LogP contribution in [-0.2, 0) is 14.3 Å². The topological polar surface area (TPSA) is 68.2 Å².